The molecule has 140 valence electrons. The molecule has 2 aliphatic rings. The highest BCUT2D eigenvalue weighted by molar-refractivity contribution is 5.85. The molecule has 1 aromatic carbocycles. The Morgan fingerprint density at radius 1 is 1.15 bits per heavy atom. The number of hydrogen-bond acceptors (Lipinski definition) is 8. The fourth-order valence-corrected chi connectivity index (χ4v) is 3.94. The largest absolute Gasteiger partial charge is 0.414 e. The number of nitrogen functional groups attached to an aromatic ring is 1. The van der Waals surface area contributed by atoms with Crippen LogP contribution in [-0.4, -0.2) is 39.0 Å². The number of rotatable bonds is 3. The number of hydrogen-bond donors (Lipinski definition) is 1. The van der Waals surface area contributed by atoms with Crippen LogP contribution in [0.15, 0.2) is 40.9 Å². The van der Waals surface area contributed by atoms with Crippen LogP contribution in [0.1, 0.15) is 15.7 Å². The predicted octanol–water partition coefficient (Wildman–Crippen LogP) is 2.68. The molecule has 2 fully saturated rings. The first-order valence-corrected chi connectivity index (χ1v) is 8.98. The van der Waals surface area contributed by atoms with E-state index in [0.29, 0.717) is 42.1 Å². The van der Waals surface area contributed by atoms with Crippen LogP contribution in [0, 0.1) is 11.8 Å². The van der Waals surface area contributed by atoms with Crippen LogP contribution in [0.25, 0.3) is 23.0 Å². The van der Waals surface area contributed by atoms with E-state index in [1.165, 1.54) is 0 Å². The van der Waals surface area contributed by atoms with Crippen LogP contribution in [0.5, 0.6) is 0 Å². The average molecular weight is 366 g/mol. The highest BCUT2D eigenvalue weighted by Crippen LogP contribution is 2.37. The third-order valence-corrected chi connectivity index (χ3v) is 5.38. The lowest BCUT2D eigenvalue weighted by Crippen LogP contribution is -2.24. The van der Waals surface area contributed by atoms with Crippen molar-refractivity contribution >= 4 is 17.4 Å². The molecule has 3 aromatic rings. The summed E-state index contributed by atoms with van der Waals surface area (Å²) in [5.74, 6) is 2.43. The molecule has 1 saturated heterocycles. The van der Waals surface area contributed by atoms with E-state index in [2.05, 4.69) is 25.1 Å². The summed E-state index contributed by atoms with van der Waals surface area (Å²) in [6, 6.07) is 9.51. The average Bonchev–Trinajstić information content (AvgIpc) is 3.41. The second-order valence-electron chi connectivity index (χ2n) is 7.02. The Morgan fingerprint density at radius 2 is 1.96 bits per heavy atom. The van der Waals surface area contributed by atoms with Crippen molar-refractivity contribution in [2.75, 3.05) is 23.7 Å². The lowest BCUT2D eigenvalue weighted by atomic mass is 10.0. The number of carbonyl (C=O) groups is 1. The molecule has 5 rings (SSSR count). The minimum Gasteiger partial charge on any atom is -0.414 e. The van der Waals surface area contributed by atoms with Gasteiger partial charge in [-0.1, -0.05) is 18.2 Å². The summed E-state index contributed by atoms with van der Waals surface area (Å²) in [6.45, 7) is 1.49. The first-order chi connectivity index (χ1) is 13.2. The molecule has 0 amide bonds. The Balaban J connectivity index is 0.00000120. The van der Waals surface area contributed by atoms with Crippen molar-refractivity contribution in [2.24, 2.45) is 11.8 Å². The number of carbonyl (C=O) groups excluding carboxylic acids is 1. The molecule has 0 unspecified atom stereocenters. The minimum absolute atomic E-state index is 0. The number of benzene rings is 1. The van der Waals surface area contributed by atoms with Crippen LogP contribution >= 0.6 is 0 Å². The van der Waals surface area contributed by atoms with Gasteiger partial charge in [0, 0.05) is 33.8 Å². The second-order valence-corrected chi connectivity index (χ2v) is 7.02. The monoisotopic (exact) mass is 366 g/mol. The molecular weight excluding hydrogens is 344 g/mol. The summed E-state index contributed by atoms with van der Waals surface area (Å²) in [6.07, 6.45) is 3.30. The Morgan fingerprint density at radius 3 is 2.78 bits per heavy atom. The van der Waals surface area contributed by atoms with Gasteiger partial charge in [-0.25, -0.2) is 9.97 Å². The molecule has 0 bridgehead atoms. The molecule has 3 heterocycles. The molecule has 1 saturated carbocycles. The quantitative estimate of drug-likeness (QED) is 0.753. The Hall–Kier alpha value is -3.29. The van der Waals surface area contributed by atoms with E-state index in [1.807, 2.05) is 30.3 Å². The maximum absolute atomic E-state index is 12.0. The number of fused-ring (bicyclic) bond motifs is 1. The van der Waals surface area contributed by atoms with Gasteiger partial charge in [-0.15, -0.1) is 10.2 Å². The third-order valence-electron chi connectivity index (χ3n) is 5.38. The summed E-state index contributed by atoms with van der Waals surface area (Å²) in [7, 11) is 0. The number of anilines is 2. The van der Waals surface area contributed by atoms with E-state index < -0.39 is 0 Å². The highest BCUT2D eigenvalue weighted by Gasteiger charge is 2.42. The van der Waals surface area contributed by atoms with E-state index in [1.54, 1.807) is 6.20 Å². The molecule has 1 aliphatic carbocycles. The molecule has 2 N–H and O–H groups in total. The van der Waals surface area contributed by atoms with Crippen LogP contribution in [0.4, 0.5) is 11.6 Å². The van der Waals surface area contributed by atoms with Crippen molar-refractivity contribution in [3.63, 3.8) is 0 Å². The molecule has 8 nitrogen and oxygen atoms in total. The van der Waals surface area contributed by atoms with Crippen molar-refractivity contribution < 1.29 is 12.1 Å². The van der Waals surface area contributed by atoms with Crippen molar-refractivity contribution in [3.05, 3.63) is 36.5 Å². The molecular formula is C19H22N6O2. The van der Waals surface area contributed by atoms with E-state index in [0.717, 1.165) is 18.5 Å². The summed E-state index contributed by atoms with van der Waals surface area (Å²) in [5, 5.41) is 8.18. The van der Waals surface area contributed by atoms with Crippen molar-refractivity contribution in [1.29, 1.82) is 0 Å². The van der Waals surface area contributed by atoms with Gasteiger partial charge in [0.2, 0.25) is 5.89 Å². The van der Waals surface area contributed by atoms with Crippen molar-refractivity contribution in [3.8, 4) is 23.0 Å². The van der Waals surface area contributed by atoms with Gasteiger partial charge in [0.1, 0.15) is 11.6 Å². The zero-order valence-electron chi connectivity index (χ0n) is 14.6. The summed E-state index contributed by atoms with van der Waals surface area (Å²) < 4.78 is 5.77. The van der Waals surface area contributed by atoms with Gasteiger partial charge in [-0.05, 0) is 24.5 Å². The molecule has 1 aliphatic heterocycles. The fourth-order valence-electron chi connectivity index (χ4n) is 3.94. The molecule has 27 heavy (non-hydrogen) atoms. The van der Waals surface area contributed by atoms with Crippen LogP contribution in [0.2, 0.25) is 0 Å². The summed E-state index contributed by atoms with van der Waals surface area (Å²) in [4.78, 5) is 23.0. The lowest BCUT2D eigenvalue weighted by Gasteiger charge is -2.18. The highest BCUT2D eigenvalue weighted by atomic mass is 16.4. The maximum atomic E-state index is 12.0. The van der Waals surface area contributed by atoms with E-state index in [-0.39, 0.29) is 20.5 Å². The number of Topliss-reactive ketones (excluding diaryl/α,β-unsaturated/α-hetero) is 1. The first-order valence-electron chi connectivity index (χ1n) is 8.98. The van der Waals surface area contributed by atoms with E-state index in [9.17, 15) is 4.79 Å². The minimum atomic E-state index is 0. The van der Waals surface area contributed by atoms with Crippen LogP contribution < -0.4 is 10.6 Å². The molecule has 0 spiro atoms. The van der Waals surface area contributed by atoms with Gasteiger partial charge in [-0.2, -0.15) is 0 Å². The standard InChI is InChI=1S/C19H18N6O2.2H2/c20-17-16(19-24-23-18(27-19)11-4-2-1-3-5-11)22-15(8-21-17)25-9-12-6-7-14(26)13(12)10-25;;/h1-5,8,12-13H,6-7,9-10H2,(H2,20,21);2*1H/t12-,13+;;/m0../s1. The Bertz CT molecular complexity index is 1010. The summed E-state index contributed by atoms with van der Waals surface area (Å²) >= 11 is 0. The van der Waals surface area contributed by atoms with Gasteiger partial charge in [0.25, 0.3) is 5.89 Å². The lowest BCUT2D eigenvalue weighted by molar-refractivity contribution is -0.120. The van der Waals surface area contributed by atoms with E-state index in [4.69, 9.17) is 10.2 Å². The molecule has 2 atom stereocenters. The fraction of sp³-hybridized carbons (Fsp3) is 0.316. The van der Waals surface area contributed by atoms with Crippen molar-refractivity contribution in [2.45, 2.75) is 12.8 Å². The smallest absolute Gasteiger partial charge is 0.270 e. The number of nitrogens with two attached hydrogens (primary N) is 1. The normalized spacial score (nSPS) is 21.6. The third kappa shape index (κ3) is 2.73. The molecule has 2 aromatic heterocycles. The van der Waals surface area contributed by atoms with Crippen LogP contribution in [0.3, 0.4) is 0 Å². The van der Waals surface area contributed by atoms with Gasteiger partial charge in [-0.3, -0.25) is 4.79 Å². The number of aromatic nitrogens is 4. The topological polar surface area (TPSA) is 111 Å². The van der Waals surface area contributed by atoms with Crippen LogP contribution in [-0.2, 0) is 4.79 Å². The Labute approximate surface area is 158 Å². The number of ketones is 1. The number of nitrogens with zero attached hydrogens (tertiary/aromatic N) is 5. The van der Waals surface area contributed by atoms with Gasteiger partial charge in [0.05, 0.1) is 6.20 Å². The summed E-state index contributed by atoms with van der Waals surface area (Å²) in [5.41, 5.74) is 7.20. The maximum Gasteiger partial charge on any atom is 0.270 e. The van der Waals surface area contributed by atoms with Crippen molar-refractivity contribution in [1.82, 2.24) is 20.2 Å². The Kier molecular flexibility index (Phi) is 3.63. The SMILES string of the molecule is Nc1ncc(N2C[C@@H]3CCC(=O)[C@@H]3C2)nc1-c1nnc(-c2ccccc2)o1.[HH].[HH]. The van der Waals surface area contributed by atoms with Gasteiger partial charge in [0.15, 0.2) is 11.5 Å². The second kappa shape index (κ2) is 6.15. The van der Waals surface area contributed by atoms with Gasteiger partial charge < -0.3 is 15.1 Å². The zero-order chi connectivity index (χ0) is 18.4. The molecule has 0 radical (unpaired) electrons. The zero-order valence-corrected chi connectivity index (χ0v) is 14.6. The van der Waals surface area contributed by atoms with E-state index >= 15 is 0 Å². The predicted molar refractivity (Wildman–Crippen MR) is 103 cm³/mol. The first kappa shape index (κ1) is 15.9. The molecule has 8 heteroatoms. The van der Waals surface area contributed by atoms with Gasteiger partial charge >= 0.3 is 0 Å².